The van der Waals surface area contributed by atoms with Crippen molar-refractivity contribution in [1.29, 1.82) is 0 Å². The maximum absolute atomic E-state index is 6.30. The minimum Gasteiger partial charge on any atom is -1.00 e. The van der Waals surface area contributed by atoms with E-state index in [0.29, 0.717) is 4.00 Å². The van der Waals surface area contributed by atoms with Gasteiger partial charge in [0.25, 0.3) is 0 Å². The minimum atomic E-state index is 0. The van der Waals surface area contributed by atoms with Gasteiger partial charge in [0, 0.05) is 12.0 Å². The first-order valence-electron chi connectivity index (χ1n) is 4.75. The van der Waals surface area contributed by atoms with Gasteiger partial charge in [0.05, 0.1) is 14.1 Å². The highest BCUT2D eigenvalue weighted by Gasteiger charge is 2.27. The molecule has 1 aromatic carbocycles. The van der Waals surface area contributed by atoms with Gasteiger partial charge in [0.1, 0.15) is 6.04 Å². The van der Waals surface area contributed by atoms with E-state index in [4.69, 9.17) is 11.8 Å². The standard InChI is InChI=1S/C12H17ClN.ClH/c1-4-8-12(14(2,3)13)11-9-6-5-7-10-11;/h4-7,9-10,12H,1,8H2,2-3H3;1H/q+1;/p-1. The molecular formula is C12H17Cl2N. The minimum absolute atomic E-state index is 0. The second-order valence-electron chi connectivity index (χ2n) is 3.85. The van der Waals surface area contributed by atoms with Gasteiger partial charge < -0.3 is 12.4 Å². The normalized spacial score (nSPS) is 12.7. The van der Waals surface area contributed by atoms with E-state index in [9.17, 15) is 0 Å². The summed E-state index contributed by atoms with van der Waals surface area (Å²) in [6.07, 6.45) is 2.81. The molecule has 1 unspecified atom stereocenters. The van der Waals surface area contributed by atoms with Crippen LogP contribution >= 0.6 is 11.8 Å². The summed E-state index contributed by atoms with van der Waals surface area (Å²) in [4.78, 5) is 0. The van der Waals surface area contributed by atoms with Crippen molar-refractivity contribution in [2.45, 2.75) is 12.5 Å². The van der Waals surface area contributed by atoms with Gasteiger partial charge in [-0.2, -0.15) is 0 Å². The van der Waals surface area contributed by atoms with Gasteiger partial charge in [-0.3, -0.25) is 0 Å². The first-order chi connectivity index (χ1) is 6.55. The van der Waals surface area contributed by atoms with Gasteiger partial charge in [0.15, 0.2) is 11.8 Å². The number of benzene rings is 1. The molecule has 0 saturated heterocycles. The molecule has 0 saturated carbocycles. The molecule has 0 aromatic heterocycles. The van der Waals surface area contributed by atoms with E-state index in [1.807, 2.05) is 38.4 Å². The molecule has 1 nitrogen and oxygen atoms in total. The summed E-state index contributed by atoms with van der Waals surface area (Å²) in [7, 11) is 3.98. The summed E-state index contributed by atoms with van der Waals surface area (Å²) in [6.45, 7) is 3.77. The Kier molecular flexibility index (Phi) is 5.96. The molecule has 0 aliphatic carbocycles. The van der Waals surface area contributed by atoms with E-state index in [0.717, 1.165) is 6.42 Å². The van der Waals surface area contributed by atoms with E-state index < -0.39 is 0 Å². The topological polar surface area (TPSA) is 0 Å². The third-order valence-corrected chi connectivity index (χ3v) is 2.55. The Balaban J connectivity index is 0.00000196. The molecule has 84 valence electrons. The number of nitrogens with zero attached hydrogens (tertiary/aromatic N) is 1. The number of hydrogen-bond donors (Lipinski definition) is 0. The third kappa shape index (κ3) is 4.25. The third-order valence-electron chi connectivity index (χ3n) is 2.32. The van der Waals surface area contributed by atoms with Crippen molar-refractivity contribution in [3.05, 3.63) is 48.6 Å². The Morgan fingerprint density at radius 2 is 1.87 bits per heavy atom. The van der Waals surface area contributed by atoms with Gasteiger partial charge >= 0.3 is 0 Å². The second kappa shape index (κ2) is 6.16. The largest absolute Gasteiger partial charge is 1.00 e. The highest BCUT2D eigenvalue weighted by atomic mass is 35.5. The van der Waals surface area contributed by atoms with Crippen LogP contribution in [0, 0.1) is 0 Å². The summed E-state index contributed by atoms with van der Waals surface area (Å²) in [5.41, 5.74) is 1.26. The first kappa shape index (κ1) is 14.5. The molecule has 15 heavy (non-hydrogen) atoms. The van der Waals surface area contributed by atoms with E-state index in [1.165, 1.54) is 5.56 Å². The number of hydrogen-bond acceptors (Lipinski definition) is 0. The number of rotatable bonds is 4. The molecule has 1 rings (SSSR count). The summed E-state index contributed by atoms with van der Waals surface area (Å²) in [5.74, 6) is 0. The van der Waals surface area contributed by atoms with Crippen molar-refractivity contribution < 1.29 is 16.4 Å². The Hall–Kier alpha value is -0.500. The van der Waals surface area contributed by atoms with Crippen LogP contribution in [0.2, 0.25) is 0 Å². The van der Waals surface area contributed by atoms with E-state index in [2.05, 4.69) is 18.7 Å². The Morgan fingerprint density at radius 3 is 2.27 bits per heavy atom. The monoisotopic (exact) mass is 245 g/mol. The summed E-state index contributed by atoms with van der Waals surface area (Å²) in [5, 5.41) is 0. The maximum atomic E-state index is 6.30. The SMILES string of the molecule is C=CCC(c1ccccc1)[N+](C)(C)Cl.[Cl-]. The van der Waals surface area contributed by atoms with Crippen LogP contribution in [0.5, 0.6) is 0 Å². The van der Waals surface area contributed by atoms with Gasteiger partial charge in [-0.1, -0.05) is 36.4 Å². The molecule has 0 spiro atoms. The predicted octanol–water partition coefficient (Wildman–Crippen LogP) is 0.538. The first-order valence-corrected chi connectivity index (χ1v) is 5.08. The van der Waals surface area contributed by atoms with Crippen molar-refractivity contribution in [2.24, 2.45) is 0 Å². The summed E-state index contributed by atoms with van der Waals surface area (Å²) < 4.78 is 0.413. The van der Waals surface area contributed by atoms with E-state index >= 15 is 0 Å². The summed E-state index contributed by atoms with van der Waals surface area (Å²) >= 11 is 6.30. The van der Waals surface area contributed by atoms with E-state index in [-0.39, 0.29) is 18.4 Å². The average molecular weight is 246 g/mol. The fourth-order valence-corrected chi connectivity index (χ4v) is 1.77. The van der Waals surface area contributed by atoms with Crippen molar-refractivity contribution >= 4 is 11.8 Å². The lowest BCUT2D eigenvalue weighted by atomic mass is 10.0. The zero-order valence-corrected chi connectivity index (χ0v) is 10.7. The van der Waals surface area contributed by atoms with E-state index in [1.54, 1.807) is 0 Å². The number of halogens is 2. The van der Waals surface area contributed by atoms with Crippen LogP contribution in [-0.4, -0.2) is 18.1 Å². The maximum Gasteiger partial charge on any atom is 0.165 e. The lowest BCUT2D eigenvalue weighted by Gasteiger charge is -2.29. The van der Waals surface area contributed by atoms with Crippen LogP contribution in [0.1, 0.15) is 18.0 Å². The highest BCUT2D eigenvalue weighted by Crippen LogP contribution is 2.30. The Labute approximate surface area is 103 Å². The zero-order chi connectivity index (χ0) is 10.6. The Morgan fingerprint density at radius 1 is 1.33 bits per heavy atom. The number of quaternary nitrogens is 1. The molecule has 0 aliphatic rings. The molecule has 1 atom stereocenters. The van der Waals surface area contributed by atoms with Gasteiger partial charge in [-0.25, -0.2) is 4.00 Å². The molecule has 0 aliphatic heterocycles. The smallest absolute Gasteiger partial charge is 0.165 e. The van der Waals surface area contributed by atoms with Gasteiger partial charge in [-0.05, 0) is 0 Å². The zero-order valence-electron chi connectivity index (χ0n) is 9.16. The molecule has 0 fully saturated rings. The van der Waals surface area contributed by atoms with Crippen molar-refractivity contribution in [3.8, 4) is 0 Å². The molecule has 0 amide bonds. The van der Waals surface area contributed by atoms with Crippen LogP contribution in [0.4, 0.5) is 0 Å². The fourth-order valence-electron chi connectivity index (χ4n) is 1.57. The van der Waals surface area contributed by atoms with Crippen LogP contribution < -0.4 is 12.4 Å². The molecule has 0 bridgehead atoms. The van der Waals surface area contributed by atoms with Crippen LogP contribution in [0.3, 0.4) is 0 Å². The van der Waals surface area contributed by atoms with Gasteiger partial charge in [-0.15, -0.1) is 6.58 Å². The van der Waals surface area contributed by atoms with Crippen molar-refractivity contribution in [1.82, 2.24) is 0 Å². The Bertz CT molecular complexity index is 290. The molecule has 1 aromatic rings. The quantitative estimate of drug-likeness (QED) is 0.537. The van der Waals surface area contributed by atoms with Crippen molar-refractivity contribution in [3.63, 3.8) is 0 Å². The predicted molar refractivity (Wildman–Crippen MR) is 62.0 cm³/mol. The highest BCUT2D eigenvalue weighted by molar-refractivity contribution is 6.06. The second-order valence-corrected chi connectivity index (χ2v) is 4.72. The van der Waals surface area contributed by atoms with Crippen LogP contribution in [0.15, 0.2) is 43.0 Å². The lowest BCUT2D eigenvalue weighted by molar-refractivity contribution is -0.806. The lowest BCUT2D eigenvalue weighted by Crippen LogP contribution is -3.00. The van der Waals surface area contributed by atoms with Crippen molar-refractivity contribution in [2.75, 3.05) is 14.1 Å². The van der Waals surface area contributed by atoms with Gasteiger partial charge in [0.2, 0.25) is 0 Å². The van der Waals surface area contributed by atoms with Crippen LogP contribution in [0.25, 0.3) is 0 Å². The molecule has 0 heterocycles. The van der Waals surface area contributed by atoms with Crippen LogP contribution in [-0.2, 0) is 0 Å². The molecular weight excluding hydrogens is 229 g/mol. The average Bonchev–Trinajstić information content (AvgIpc) is 2.14. The molecule has 3 heteroatoms. The molecule has 0 N–H and O–H groups in total. The fraction of sp³-hybridized carbons (Fsp3) is 0.333. The summed E-state index contributed by atoms with van der Waals surface area (Å²) in [6, 6.07) is 10.6. The molecule has 0 radical (unpaired) electrons.